The lowest BCUT2D eigenvalue weighted by molar-refractivity contribution is 0.0268. The van der Waals surface area contributed by atoms with Gasteiger partial charge in [-0.15, -0.1) is 24.0 Å². The van der Waals surface area contributed by atoms with E-state index < -0.39 is 0 Å². The van der Waals surface area contributed by atoms with Gasteiger partial charge in [-0.25, -0.2) is 0 Å². The Labute approximate surface area is 150 Å². The number of guanidine groups is 1. The van der Waals surface area contributed by atoms with Crippen molar-refractivity contribution in [1.29, 1.82) is 0 Å². The van der Waals surface area contributed by atoms with Crippen LogP contribution >= 0.6 is 24.0 Å². The van der Waals surface area contributed by atoms with E-state index in [1.807, 2.05) is 40.1 Å². The largest absolute Gasteiger partial charge is 0.468 e. The molecule has 0 aromatic carbocycles. The molecule has 0 saturated carbocycles. The normalized spacial score (nSPS) is 13.7. The number of nitrogens with zero attached hydrogens (tertiary/aromatic N) is 2. The fourth-order valence-corrected chi connectivity index (χ4v) is 1.80. The molecule has 1 aromatic rings. The number of aliphatic imine (C=N–C) groups is 1. The van der Waals surface area contributed by atoms with Gasteiger partial charge < -0.3 is 19.8 Å². The van der Waals surface area contributed by atoms with Crippen molar-refractivity contribution in [3.8, 4) is 0 Å². The van der Waals surface area contributed by atoms with Gasteiger partial charge in [0.05, 0.1) is 17.9 Å². The van der Waals surface area contributed by atoms with E-state index in [0.29, 0.717) is 13.1 Å². The zero-order valence-electron chi connectivity index (χ0n) is 14.3. The molecule has 1 heterocycles. The summed E-state index contributed by atoms with van der Waals surface area (Å²) in [5, 5.41) is 6.58. The molecule has 0 fully saturated rings. The second-order valence-electron chi connectivity index (χ2n) is 5.77. The summed E-state index contributed by atoms with van der Waals surface area (Å²) in [7, 11) is 7.52. The van der Waals surface area contributed by atoms with Crippen LogP contribution in [0.2, 0.25) is 0 Å². The van der Waals surface area contributed by atoms with Crippen LogP contribution in [-0.4, -0.2) is 57.8 Å². The Hall–Kier alpha value is -0.800. The summed E-state index contributed by atoms with van der Waals surface area (Å²) in [4.78, 5) is 6.34. The van der Waals surface area contributed by atoms with Gasteiger partial charge in [0.25, 0.3) is 0 Å². The van der Waals surface area contributed by atoms with E-state index in [9.17, 15) is 0 Å². The number of ether oxygens (including phenoxy) is 1. The molecule has 0 aliphatic carbocycles. The number of rotatable bonds is 7. The summed E-state index contributed by atoms with van der Waals surface area (Å²) in [6, 6.07) is 4.03. The number of methoxy groups -OCH3 is 1. The monoisotopic (exact) mass is 424 g/mol. The van der Waals surface area contributed by atoms with E-state index in [1.54, 1.807) is 20.4 Å². The van der Waals surface area contributed by atoms with Crippen LogP contribution in [0.25, 0.3) is 0 Å². The van der Waals surface area contributed by atoms with E-state index in [0.717, 1.165) is 11.7 Å². The van der Waals surface area contributed by atoms with E-state index in [-0.39, 0.29) is 35.6 Å². The second-order valence-corrected chi connectivity index (χ2v) is 5.77. The molecule has 1 atom stereocenters. The number of halogens is 1. The minimum Gasteiger partial charge on any atom is -0.468 e. The maximum Gasteiger partial charge on any atom is 0.191 e. The van der Waals surface area contributed by atoms with Crippen LogP contribution in [0.3, 0.4) is 0 Å². The Kier molecular flexibility index (Phi) is 9.70. The molecule has 0 amide bonds. The molecule has 0 bridgehead atoms. The molecule has 22 heavy (non-hydrogen) atoms. The molecule has 1 rings (SSSR count). The standard InChI is InChI=1S/C15H28N4O2.HI/c1-15(2,20-6)11-18-14(16-3)17-10-12(19(4)5)13-8-7-9-21-13;/h7-9,12H,10-11H2,1-6H3,(H2,16,17,18);1H. The topological polar surface area (TPSA) is 62.0 Å². The smallest absolute Gasteiger partial charge is 0.191 e. The van der Waals surface area contributed by atoms with E-state index in [2.05, 4.69) is 20.5 Å². The third-order valence-corrected chi connectivity index (χ3v) is 3.42. The van der Waals surface area contributed by atoms with Gasteiger partial charge >= 0.3 is 0 Å². The van der Waals surface area contributed by atoms with Crippen LogP contribution in [0.1, 0.15) is 25.6 Å². The van der Waals surface area contributed by atoms with Crippen molar-refractivity contribution < 1.29 is 9.15 Å². The minimum absolute atomic E-state index is 0. The minimum atomic E-state index is -0.237. The molecule has 0 radical (unpaired) electrons. The summed E-state index contributed by atoms with van der Waals surface area (Å²) in [6.45, 7) is 5.43. The SMILES string of the molecule is CN=C(NCC(c1ccco1)N(C)C)NCC(C)(C)OC.I. The van der Waals surface area contributed by atoms with Crippen molar-refractivity contribution in [3.05, 3.63) is 24.2 Å². The molecular formula is C15H29IN4O2. The van der Waals surface area contributed by atoms with Gasteiger partial charge in [0.2, 0.25) is 0 Å². The average Bonchev–Trinajstić information content (AvgIpc) is 2.96. The Balaban J connectivity index is 0.00000441. The van der Waals surface area contributed by atoms with Gasteiger partial charge in [0, 0.05) is 27.2 Å². The maximum absolute atomic E-state index is 5.49. The zero-order chi connectivity index (χ0) is 15.9. The lowest BCUT2D eigenvalue weighted by atomic mass is 10.1. The van der Waals surface area contributed by atoms with Gasteiger partial charge in [-0.2, -0.15) is 0 Å². The average molecular weight is 424 g/mol. The van der Waals surface area contributed by atoms with Gasteiger partial charge in [0.15, 0.2) is 5.96 Å². The first-order valence-electron chi connectivity index (χ1n) is 7.09. The third-order valence-electron chi connectivity index (χ3n) is 3.42. The summed E-state index contributed by atoms with van der Waals surface area (Å²) < 4.78 is 10.9. The zero-order valence-corrected chi connectivity index (χ0v) is 16.7. The quantitative estimate of drug-likeness (QED) is 0.399. The first-order valence-corrected chi connectivity index (χ1v) is 7.09. The highest BCUT2D eigenvalue weighted by Crippen LogP contribution is 2.17. The van der Waals surface area contributed by atoms with E-state index in [4.69, 9.17) is 9.15 Å². The van der Waals surface area contributed by atoms with Crippen molar-refractivity contribution >= 4 is 29.9 Å². The van der Waals surface area contributed by atoms with Crippen LogP contribution in [0, 0.1) is 0 Å². The summed E-state index contributed by atoms with van der Waals surface area (Å²) in [6.07, 6.45) is 1.69. The number of likely N-dealkylation sites (N-methyl/N-ethyl adjacent to an activating group) is 1. The molecular weight excluding hydrogens is 395 g/mol. The predicted molar refractivity (Wildman–Crippen MR) is 101 cm³/mol. The number of hydrogen-bond acceptors (Lipinski definition) is 4. The van der Waals surface area contributed by atoms with Gasteiger partial charge in [-0.05, 0) is 40.1 Å². The molecule has 128 valence electrons. The second kappa shape index (κ2) is 10.1. The summed E-state index contributed by atoms with van der Waals surface area (Å²) >= 11 is 0. The maximum atomic E-state index is 5.49. The Morgan fingerprint density at radius 1 is 1.41 bits per heavy atom. The third kappa shape index (κ3) is 6.97. The molecule has 0 spiro atoms. The first-order chi connectivity index (χ1) is 9.89. The van der Waals surface area contributed by atoms with E-state index in [1.165, 1.54) is 0 Å². The number of furan rings is 1. The van der Waals surface area contributed by atoms with Gasteiger partial charge in [-0.3, -0.25) is 9.89 Å². The number of nitrogens with one attached hydrogen (secondary N) is 2. The summed E-state index contributed by atoms with van der Waals surface area (Å²) in [5.74, 6) is 1.68. The Morgan fingerprint density at radius 2 is 2.09 bits per heavy atom. The Morgan fingerprint density at radius 3 is 2.55 bits per heavy atom. The van der Waals surface area contributed by atoms with Crippen molar-refractivity contribution in [2.45, 2.75) is 25.5 Å². The fraction of sp³-hybridized carbons (Fsp3) is 0.667. The molecule has 6 nitrogen and oxygen atoms in total. The van der Waals surface area contributed by atoms with Crippen molar-refractivity contribution in [2.24, 2.45) is 4.99 Å². The molecule has 0 aliphatic heterocycles. The molecule has 7 heteroatoms. The van der Waals surface area contributed by atoms with Crippen LogP contribution in [0.15, 0.2) is 27.8 Å². The molecule has 2 N–H and O–H groups in total. The molecule has 1 aromatic heterocycles. The van der Waals surface area contributed by atoms with Crippen molar-refractivity contribution in [2.75, 3.05) is 41.3 Å². The molecule has 0 aliphatic rings. The van der Waals surface area contributed by atoms with Crippen molar-refractivity contribution in [1.82, 2.24) is 15.5 Å². The van der Waals surface area contributed by atoms with Crippen LogP contribution in [0.5, 0.6) is 0 Å². The highest BCUT2D eigenvalue weighted by Gasteiger charge is 2.19. The highest BCUT2D eigenvalue weighted by molar-refractivity contribution is 14.0. The predicted octanol–water partition coefficient (Wildman–Crippen LogP) is 2.09. The lowest BCUT2D eigenvalue weighted by Crippen LogP contribution is -2.47. The van der Waals surface area contributed by atoms with Crippen LogP contribution in [-0.2, 0) is 4.74 Å². The van der Waals surface area contributed by atoms with Gasteiger partial charge in [0.1, 0.15) is 5.76 Å². The molecule has 1 unspecified atom stereocenters. The highest BCUT2D eigenvalue weighted by atomic mass is 127. The van der Waals surface area contributed by atoms with Crippen LogP contribution in [0.4, 0.5) is 0 Å². The van der Waals surface area contributed by atoms with Crippen LogP contribution < -0.4 is 10.6 Å². The number of hydrogen-bond donors (Lipinski definition) is 2. The lowest BCUT2D eigenvalue weighted by Gasteiger charge is -2.26. The van der Waals surface area contributed by atoms with Crippen molar-refractivity contribution in [3.63, 3.8) is 0 Å². The fourth-order valence-electron chi connectivity index (χ4n) is 1.80. The molecule has 0 saturated heterocycles. The Bertz CT molecular complexity index is 433. The first kappa shape index (κ1) is 21.2. The van der Waals surface area contributed by atoms with Gasteiger partial charge in [-0.1, -0.05) is 0 Å². The van der Waals surface area contributed by atoms with E-state index >= 15 is 0 Å². The summed E-state index contributed by atoms with van der Waals surface area (Å²) in [5.41, 5.74) is -0.237.